The molecule has 1 aliphatic rings. The van der Waals surface area contributed by atoms with E-state index in [0.29, 0.717) is 11.8 Å². The van der Waals surface area contributed by atoms with E-state index >= 15 is 0 Å². The second-order valence-electron chi connectivity index (χ2n) is 5.87. The fourth-order valence-electron chi connectivity index (χ4n) is 2.98. The van der Waals surface area contributed by atoms with Gasteiger partial charge in [0.2, 0.25) is 0 Å². The number of benzene rings is 1. The molecule has 1 aliphatic carbocycles. The number of hydrogen-bond acceptors (Lipinski definition) is 3. The van der Waals surface area contributed by atoms with Crippen LogP contribution in [-0.2, 0) is 0 Å². The van der Waals surface area contributed by atoms with E-state index < -0.39 is 0 Å². The van der Waals surface area contributed by atoms with Gasteiger partial charge in [-0.25, -0.2) is 0 Å². The zero-order chi connectivity index (χ0) is 14.5. The zero-order valence-corrected chi connectivity index (χ0v) is 12.7. The number of ether oxygens (including phenoxy) is 1. The first kappa shape index (κ1) is 14.9. The zero-order valence-electron chi connectivity index (χ0n) is 12.7. The average molecular weight is 275 g/mol. The summed E-state index contributed by atoms with van der Waals surface area (Å²) >= 11 is 0. The van der Waals surface area contributed by atoms with Gasteiger partial charge in [-0.15, -0.1) is 0 Å². The van der Waals surface area contributed by atoms with Gasteiger partial charge < -0.3 is 9.94 Å². The summed E-state index contributed by atoms with van der Waals surface area (Å²) in [5.41, 5.74) is 2.65. The van der Waals surface area contributed by atoms with Gasteiger partial charge in [-0.2, -0.15) is 0 Å². The number of nitrogens with zero attached hydrogens (tertiary/aromatic N) is 1. The van der Waals surface area contributed by atoms with Crippen LogP contribution in [-0.4, -0.2) is 17.0 Å². The Hall–Kier alpha value is -1.51. The Bertz CT molecular complexity index is 482. The van der Waals surface area contributed by atoms with Crippen molar-refractivity contribution < 1.29 is 9.94 Å². The maximum absolute atomic E-state index is 9.00. The summed E-state index contributed by atoms with van der Waals surface area (Å²) in [6.45, 7) is 6.11. The van der Waals surface area contributed by atoms with Crippen molar-refractivity contribution in [3.63, 3.8) is 0 Å². The molecule has 3 heteroatoms. The quantitative estimate of drug-likeness (QED) is 0.498. The molecule has 2 unspecified atom stereocenters. The van der Waals surface area contributed by atoms with Crippen molar-refractivity contribution in [2.24, 2.45) is 11.1 Å². The molecule has 1 fully saturated rings. The van der Waals surface area contributed by atoms with Gasteiger partial charge in [-0.05, 0) is 56.7 Å². The predicted molar refractivity (Wildman–Crippen MR) is 81.8 cm³/mol. The van der Waals surface area contributed by atoms with E-state index in [-0.39, 0.29) is 0 Å². The number of aryl methyl sites for hydroxylation is 1. The minimum absolute atomic E-state index is 0.292. The van der Waals surface area contributed by atoms with Crippen molar-refractivity contribution >= 4 is 5.71 Å². The second kappa shape index (κ2) is 6.78. The Morgan fingerprint density at radius 2 is 2.20 bits per heavy atom. The van der Waals surface area contributed by atoms with Crippen molar-refractivity contribution in [3.8, 4) is 5.75 Å². The van der Waals surface area contributed by atoms with Crippen LogP contribution in [0.5, 0.6) is 5.75 Å². The summed E-state index contributed by atoms with van der Waals surface area (Å²) in [6, 6.07) is 6.03. The van der Waals surface area contributed by atoms with E-state index in [1.807, 2.05) is 18.2 Å². The van der Waals surface area contributed by atoms with Gasteiger partial charge >= 0.3 is 0 Å². The highest BCUT2D eigenvalue weighted by Crippen LogP contribution is 2.31. The highest BCUT2D eigenvalue weighted by Gasteiger charge is 2.23. The van der Waals surface area contributed by atoms with E-state index in [2.05, 4.69) is 19.0 Å². The molecule has 0 aromatic heterocycles. The lowest BCUT2D eigenvalue weighted by atomic mass is 9.85. The molecule has 0 aliphatic heterocycles. The lowest BCUT2D eigenvalue weighted by molar-refractivity contribution is 0.122. The monoisotopic (exact) mass is 275 g/mol. The topological polar surface area (TPSA) is 41.8 Å². The maximum atomic E-state index is 9.00. The van der Waals surface area contributed by atoms with Crippen LogP contribution in [0, 0.1) is 12.8 Å². The molecular formula is C17H25NO2. The van der Waals surface area contributed by atoms with Gasteiger partial charge in [0, 0.05) is 5.56 Å². The Kier molecular flexibility index (Phi) is 5.05. The predicted octanol–water partition coefficient (Wildman–Crippen LogP) is 4.54. The third kappa shape index (κ3) is 3.53. The Labute approximate surface area is 121 Å². The van der Waals surface area contributed by atoms with Crippen LogP contribution in [0.4, 0.5) is 0 Å². The average Bonchev–Trinajstić information content (AvgIpc) is 2.47. The number of rotatable bonds is 4. The normalized spacial score (nSPS) is 23.6. The molecule has 3 nitrogen and oxygen atoms in total. The molecule has 2 rings (SSSR count). The maximum Gasteiger partial charge on any atom is 0.129 e. The van der Waals surface area contributed by atoms with Gasteiger partial charge in [0.05, 0.1) is 11.8 Å². The van der Waals surface area contributed by atoms with Crippen LogP contribution in [0.1, 0.15) is 57.1 Å². The smallest absolute Gasteiger partial charge is 0.129 e. The summed E-state index contributed by atoms with van der Waals surface area (Å²) in [7, 11) is 0. The van der Waals surface area contributed by atoms with Crippen LogP contribution >= 0.6 is 0 Å². The summed E-state index contributed by atoms with van der Waals surface area (Å²) in [6.07, 6.45) is 6.36. The lowest BCUT2D eigenvalue weighted by Crippen LogP contribution is -2.25. The second-order valence-corrected chi connectivity index (χ2v) is 5.87. The Morgan fingerprint density at radius 1 is 1.40 bits per heavy atom. The summed E-state index contributed by atoms with van der Waals surface area (Å²) in [5, 5.41) is 12.3. The van der Waals surface area contributed by atoms with Crippen molar-refractivity contribution in [2.45, 2.75) is 59.0 Å². The van der Waals surface area contributed by atoms with E-state index in [4.69, 9.17) is 9.94 Å². The molecule has 0 bridgehead atoms. The minimum Gasteiger partial charge on any atom is -0.490 e. The summed E-state index contributed by atoms with van der Waals surface area (Å²) in [5.74, 6) is 1.64. The number of hydrogen-bond donors (Lipinski definition) is 1. The lowest BCUT2D eigenvalue weighted by Gasteiger charge is -2.29. The molecule has 0 heterocycles. The molecule has 110 valence electrons. The van der Waals surface area contributed by atoms with Crippen LogP contribution < -0.4 is 4.74 Å². The highest BCUT2D eigenvalue weighted by atomic mass is 16.5. The first-order valence-corrected chi connectivity index (χ1v) is 7.60. The largest absolute Gasteiger partial charge is 0.490 e. The third-order valence-corrected chi connectivity index (χ3v) is 4.28. The molecule has 2 atom stereocenters. The molecule has 1 N–H and O–H groups in total. The molecular weight excluding hydrogens is 250 g/mol. The van der Waals surface area contributed by atoms with Crippen LogP contribution in [0.15, 0.2) is 23.4 Å². The fraction of sp³-hybridized carbons (Fsp3) is 0.588. The van der Waals surface area contributed by atoms with Gasteiger partial charge in [-0.1, -0.05) is 31.0 Å². The molecule has 20 heavy (non-hydrogen) atoms. The molecule has 1 saturated carbocycles. The van der Waals surface area contributed by atoms with Gasteiger partial charge in [0.25, 0.3) is 0 Å². The van der Waals surface area contributed by atoms with Gasteiger partial charge in [0.1, 0.15) is 5.75 Å². The minimum atomic E-state index is 0.292. The molecule has 1 aromatic rings. The van der Waals surface area contributed by atoms with Crippen LogP contribution in [0.2, 0.25) is 0 Å². The van der Waals surface area contributed by atoms with Crippen molar-refractivity contribution in [3.05, 3.63) is 29.3 Å². The van der Waals surface area contributed by atoms with E-state index in [1.54, 1.807) is 6.92 Å². The molecule has 0 spiro atoms. The molecule has 0 radical (unpaired) electrons. The SMILES string of the molecule is CCC1CCCC(Oc2cc(C)ccc2C(C)=NO)C1. The van der Waals surface area contributed by atoms with Crippen LogP contribution in [0.25, 0.3) is 0 Å². The Morgan fingerprint density at radius 3 is 2.90 bits per heavy atom. The van der Waals surface area contributed by atoms with Crippen molar-refractivity contribution in [1.82, 2.24) is 0 Å². The first-order chi connectivity index (χ1) is 9.63. The first-order valence-electron chi connectivity index (χ1n) is 7.60. The van der Waals surface area contributed by atoms with E-state index in [1.165, 1.54) is 19.3 Å². The van der Waals surface area contributed by atoms with Gasteiger partial charge in [0.15, 0.2) is 0 Å². The summed E-state index contributed by atoms with van der Waals surface area (Å²) < 4.78 is 6.23. The fourth-order valence-corrected chi connectivity index (χ4v) is 2.98. The Balaban J connectivity index is 2.17. The van der Waals surface area contributed by atoms with Crippen molar-refractivity contribution in [2.75, 3.05) is 0 Å². The molecule has 0 saturated heterocycles. The molecule has 0 amide bonds. The van der Waals surface area contributed by atoms with Crippen LogP contribution in [0.3, 0.4) is 0 Å². The standard InChI is InChI=1S/C17H25NO2/c1-4-14-6-5-7-15(11-14)20-17-10-12(2)8-9-16(17)13(3)18-19/h8-10,14-15,19H,4-7,11H2,1-3H3. The van der Waals surface area contributed by atoms with Crippen molar-refractivity contribution in [1.29, 1.82) is 0 Å². The van der Waals surface area contributed by atoms with E-state index in [9.17, 15) is 0 Å². The highest BCUT2D eigenvalue weighted by molar-refractivity contribution is 6.00. The molecule has 1 aromatic carbocycles. The summed E-state index contributed by atoms with van der Waals surface area (Å²) in [4.78, 5) is 0. The van der Waals surface area contributed by atoms with Gasteiger partial charge in [-0.3, -0.25) is 0 Å². The number of oxime groups is 1. The van der Waals surface area contributed by atoms with E-state index in [0.717, 1.165) is 35.6 Å². The third-order valence-electron chi connectivity index (χ3n) is 4.28.